The maximum atomic E-state index is 12.2. The molecule has 0 saturated carbocycles. The van der Waals surface area contributed by atoms with Gasteiger partial charge in [0, 0.05) is 0 Å². The molecule has 126 valence electrons. The maximum Gasteiger partial charge on any atom is 0.312 e. The first-order chi connectivity index (χ1) is 11.1. The molecule has 1 aliphatic rings. The number of methoxy groups -OCH3 is 1. The van der Waals surface area contributed by atoms with Crippen LogP contribution >= 0.6 is 0 Å². The lowest BCUT2D eigenvalue weighted by Crippen LogP contribution is -2.38. The second-order valence-electron chi connectivity index (χ2n) is 5.95. The van der Waals surface area contributed by atoms with Gasteiger partial charge in [0.05, 0.1) is 18.9 Å². The number of hydrogen-bond acceptors (Lipinski definition) is 5. The zero-order valence-electron chi connectivity index (χ0n) is 13.6. The molecular formula is C18H24O5. The van der Waals surface area contributed by atoms with E-state index >= 15 is 0 Å². The van der Waals surface area contributed by atoms with Crippen LogP contribution in [-0.2, 0) is 25.5 Å². The number of cyclic esters (lactones) is 1. The number of aliphatic hydroxyl groups excluding tert-OH is 1. The Hall–Kier alpha value is -1.88. The summed E-state index contributed by atoms with van der Waals surface area (Å²) in [5.41, 5.74) is 0.917. The molecule has 1 fully saturated rings. The molecule has 5 nitrogen and oxygen atoms in total. The van der Waals surface area contributed by atoms with Crippen LogP contribution in [0.2, 0.25) is 0 Å². The molecule has 0 aromatic heterocycles. The summed E-state index contributed by atoms with van der Waals surface area (Å²) in [6.45, 7) is 2.04. The van der Waals surface area contributed by atoms with E-state index in [0.29, 0.717) is 12.8 Å². The molecule has 0 bridgehead atoms. The van der Waals surface area contributed by atoms with Gasteiger partial charge in [-0.2, -0.15) is 0 Å². The number of ether oxygens (including phenoxy) is 2. The predicted octanol–water partition coefficient (Wildman–Crippen LogP) is 2.11. The third-order valence-corrected chi connectivity index (χ3v) is 4.37. The zero-order chi connectivity index (χ0) is 16.8. The van der Waals surface area contributed by atoms with E-state index in [9.17, 15) is 14.7 Å². The Morgan fingerprint density at radius 3 is 2.65 bits per heavy atom. The van der Waals surface area contributed by atoms with Crippen molar-refractivity contribution in [2.75, 3.05) is 7.11 Å². The van der Waals surface area contributed by atoms with E-state index in [2.05, 4.69) is 0 Å². The number of aliphatic hydroxyl groups is 1. The van der Waals surface area contributed by atoms with Gasteiger partial charge in [0.25, 0.3) is 0 Å². The topological polar surface area (TPSA) is 72.8 Å². The molecule has 5 heteroatoms. The molecule has 0 spiro atoms. The molecule has 2 rings (SSSR count). The molecule has 23 heavy (non-hydrogen) atoms. The molecule has 0 amide bonds. The molecule has 1 N–H and O–H groups in total. The van der Waals surface area contributed by atoms with Crippen LogP contribution in [0, 0.1) is 11.8 Å². The van der Waals surface area contributed by atoms with Crippen molar-refractivity contribution in [3.63, 3.8) is 0 Å². The molecule has 1 aromatic carbocycles. The Labute approximate surface area is 136 Å². The lowest BCUT2D eigenvalue weighted by atomic mass is 9.82. The Morgan fingerprint density at radius 2 is 2.04 bits per heavy atom. The summed E-state index contributed by atoms with van der Waals surface area (Å²) in [6.07, 6.45) is 1.26. The van der Waals surface area contributed by atoms with Gasteiger partial charge in [-0.25, -0.2) is 0 Å². The Balaban J connectivity index is 2.18. The molecule has 0 aliphatic carbocycles. The van der Waals surface area contributed by atoms with E-state index in [1.54, 1.807) is 0 Å². The van der Waals surface area contributed by atoms with E-state index in [0.717, 1.165) is 18.4 Å². The van der Waals surface area contributed by atoms with Crippen molar-refractivity contribution in [3.05, 3.63) is 35.9 Å². The Morgan fingerprint density at radius 1 is 1.35 bits per heavy atom. The molecule has 1 aliphatic heterocycles. The summed E-state index contributed by atoms with van der Waals surface area (Å²) < 4.78 is 10.2. The molecule has 1 heterocycles. The summed E-state index contributed by atoms with van der Waals surface area (Å²) in [6, 6.07) is 9.40. The SMILES string of the molecule is CCCC[C@@H]1OC(=O)[C@H]([C@@H](Cc2ccccc2)C(=O)OC)[C@@H]1O. The predicted molar refractivity (Wildman–Crippen MR) is 84.6 cm³/mol. The van der Waals surface area contributed by atoms with Crippen molar-refractivity contribution in [2.45, 2.75) is 44.8 Å². The average Bonchev–Trinajstić information content (AvgIpc) is 2.85. The fraction of sp³-hybridized carbons (Fsp3) is 0.556. The number of esters is 2. The second kappa shape index (κ2) is 8.11. The monoisotopic (exact) mass is 320 g/mol. The summed E-state index contributed by atoms with van der Waals surface area (Å²) in [5.74, 6) is -2.61. The minimum atomic E-state index is -0.970. The van der Waals surface area contributed by atoms with Crippen molar-refractivity contribution in [2.24, 2.45) is 11.8 Å². The first kappa shape index (κ1) is 17.5. The minimum Gasteiger partial charge on any atom is -0.469 e. The van der Waals surface area contributed by atoms with E-state index < -0.39 is 36.0 Å². The van der Waals surface area contributed by atoms with Crippen LogP contribution in [0.3, 0.4) is 0 Å². The summed E-state index contributed by atoms with van der Waals surface area (Å²) in [5, 5.41) is 10.5. The van der Waals surface area contributed by atoms with Crippen molar-refractivity contribution in [1.29, 1.82) is 0 Å². The normalized spacial score (nSPS) is 25.0. The minimum absolute atomic E-state index is 0.338. The lowest BCUT2D eigenvalue weighted by Gasteiger charge is -2.22. The van der Waals surface area contributed by atoms with Crippen LogP contribution in [0.15, 0.2) is 30.3 Å². The van der Waals surface area contributed by atoms with Crippen LogP contribution < -0.4 is 0 Å². The molecule has 0 radical (unpaired) electrons. The number of hydrogen-bond donors (Lipinski definition) is 1. The summed E-state index contributed by atoms with van der Waals surface area (Å²) in [4.78, 5) is 24.4. The summed E-state index contributed by atoms with van der Waals surface area (Å²) in [7, 11) is 1.29. The third kappa shape index (κ3) is 4.10. The van der Waals surface area contributed by atoms with Crippen LogP contribution in [0.4, 0.5) is 0 Å². The van der Waals surface area contributed by atoms with Crippen LogP contribution in [0.25, 0.3) is 0 Å². The van der Waals surface area contributed by atoms with Crippen molar-refractivity contribution >= 4 is 11.9 Å². The van der Waals surface area contributed by atoms with Crippen molar-refractivity contribution < 1.29 is 24.2 Å². The van der Waals surface area contributed by atoms with Gasteiger partial charge in [-0.05, 0) is 24.8 Å². The van der Waals surface area contributed by atoms with Gasteiger partial charge < -0.3 is 14.6 Å². The summed E-state index contributed by atoms with van der Waals surface area (Å²) >= 11 is 0. The highest BCUT2D eigenvalue weighted by Gasteiger charge is 2.50. The van der Waals surface area contributed by atoms with Gasteiger partial charge in [0.2, 0.25) is 0 Å². The number of carbonyl (C=O) groups excluding carboxylic acids is 2. The Kier molecular flexibility index (Phi) is 6.16. The van der Waals surface area contributed by atoms with Crippen LogP contribution in [-0.4, -0.2) is 36.4 Å². The van der Waals surface area contributed by atoms with Gasteiger partial charge in [0.1, 0.15) is 12.2 Å². The first-order valence-corrected chi connectivity index (χ1v) is 8.08. The van der Waals surface area contributed by atoms with Gasteiger partial charge in [-0.1, -0.05) is 43.7 Å². The number of rotatable bonds is 7. The first-order valence-electron chi connectivity index (χ1n) is 8.08. The zero-order valence-corrected chi connectivity index (χ0v) is 13.6. The molecule has 4 atom stereocenters. The van der Waals surface area contributed by atoms with Gasteiger partial charge in [-0.15, -0.1) is 0 Å². The molecular weight excluding hydrogens is 296 g/mol. The van der Waals surface area contributed by atoms with Crippen LogP contribution in [0.1, 0.15) is 31.7 Å². The average molecular weight is 320 g/mol. The number of carbonyl (C=O) groups is 2. The number of unbranched alkanes of at least 4 members (excludes halogenated alkanes) is 1. The van der Waals surface area contributed by atoms with E-state index in [4.69, 9.17) is 9.47 Å². The van der Waals surface area contributed by atoms with E-state index in [1.807, 2.05) is 37.3 Å². The van der Waals surface area contributed by atoms with Crippen molar-refractivity contribution in [1.82, 2.24) is 0 Å². The fourth-order valence-electron chi connectivity index (χ4n) is 3.08. The molecule has 1 aromatic rings. The standard InChI is InChI=1S/C18H24O5/c1-3-4-10-14-16(19)15(18(21)23-14)13(17(20)22-2)11-12-8-6-5-7-9-12/h5-9,13-16,19H,3-4,10-11H2,1-2H3/t13-,14+,15-,16-/m1/s1. The molecule has 0 unspecified atom stereocenters. The fourth-order valence-corrected chi connectivity index (χ4v) is 3.08. The Bertz CT molecular complexity index is 527. The smallest absolute Gasteiger partial charge is 0.312 e. The highest BCUT2D eigenvalue weighted by molar-refractivity contribution is 5.84. The van der Waals surface area contributed by atoms with Gasteiger partial charge in [-0.3, -0.25) is 9.59 Å². The van der Waals surface area contributed by atoms with Crippen molar-refractivity contribution in [3.8, 4) is 0 Å². The molecule has 1 saturated heterocycles. The maximum absolute atomic E-state index is 12.2. The van der Waals surface area contributed by atoms with E-state index in [-0.39, 0.29) is 0 Å². The second-order valence-corrected chi connectivity index (χ2v) is 5.95. The number of benzene rings is 1. The van der Waals surface area contributed by atoms with Crippen LogP contribution in [0.5, 0.6) is 0 Å². The van der Waals surface area contributed by atoms with Gasteiger partial charge in [0.15, 0.2) is 0 Å². The highest BCUT2D eigenvalue weighted by Crippen LogP contribution is 2.33. The van der Waals surface area contributed by atoms with E-state index in [1.165, 1.54) is 7.11 Å². The third-order valence-electron chi connectivity index (χ3n) is 4.37. The lowest BCUT2D eigenvalue weighted by molar-refractivity contribution is -0.155. The van der Waals surface area contributed by atoms with Gasteiger partial charge >= 0.3 is 11.9 Å². The highest BCUT2D eigenvalue weighted by atomic mass is 16.6. The largest absolute Gasteiger partial charge is 0.469 e. The quantitative estimate of drug-likeness (QED) is 0.779.